The predicted octanol–water partition coefficient (Wildman–Crippen LogP) is 2.92. The van der Waals surface area contributed by atoms with Gasteiger partial charge in [-0.15, -0.1) is 0 Å². The molecule has 0 spiro atoms. The van der Waals surface area contributed by atoms with Crippen molar-refractivity contribution >= 4 is 6.21 Å². The van der Waals surface area contributed by atoms with E-state index in [4.69, 9.17) is 5.73 Å². The summed E-state index contributed by atoms with van der Waals surface area (Å²) in [5.74, 6) is 0. The minimum Gasteiger partial charge on any atom is -0.330 e. The lowest BCUT2D eigenvalue weighted by molar-refractivity contribution is 0.539. The molecule has 0 radical (unpaired) electrons. The van der Waals surface area contributed by atoms with Gasteiger partial charge in [-0.05, 0) is 22.8 Å². The van der Waals surface area contributed by atoms with Crippen molar-refractivity contribution in [3.05, 3.63) is 53.3 Å². The molecule has 2 N–H and O–H groups in total. The Kier molecular flexibility index (Phi) is 3.14. The summed E-state index contributed by atoms with van der Waals surface area (Å²) in [5, 5.41) is 0. The van der Waals surface area contributed by atoms with E-state index in [0.29, 0.717) is 13.1 Å². The molecule has 3 nitrogen and oxygen atoms in total. The fraction of sp³-hybridized carbons (Fsp3) is 0.294. The van der Waals surface area contributed by atoms with Crippen LogP contribution in [0.5, 0.6) is 0 Å². The number of hydrogen-bond acceptors (Lipinski definition) is 3. The van der Waals surface area contributed by atoms with Crippen LogP contribution in [0.3, 0.4) is 0 Å². The topological polar surface area (TPSA) is 51.3 Å². The van der Waals surface area contributed by atoms with Crippen LogP contribution in [0.2, 0.25) is 0 Å². The van der Waals surface area contributed by atoms with Gasteiger partial charge in [-0.3, -0.25) is 9.98 Å². The first-order valence-corrected chi connectivity index (χ1v) is 6.90. The molecule has 0 unspecified atom stereocenters. The van der Waals surface area contributed by atoms with Crippen molar-refractivity contribution in [1.82, 2.24) is 4.98 Å². The van der Waals surface area contributed by atoms with E-state index in [2.05, 4.69) is 54.2 Å². The summed E-state index contributed by atoms with van der Waals surface area (Å²) < 4.78 is 0. The van der Waals surface area contributed by atoms with Crippen molar-refractivity contribution in [2.75, 3.05) is 6.54 Å². The van der Waals surface area contributed by atoms with Crippen LogP contribution in [0.4, 0.5) is 0 Å². The van der Waals surface area contributed by atoms with Crippen LogP contribution in [-0.4, -0.2) is 17.7 Å². The van der Waals surface area contributed by atoms with Gasteiger partial charge < -0.3 is 5.73 Å². The quantitative estimate of drug-likeness (QED) is 0.927. The maximum atomic E-state index is 5.89. The molecule has 0 saturated carbocycles. The lowest BCUT2D eigenvalue weighted by Crippen LogP contribution is -2.28. The number of pyridine rings is 1. The van der Waals surface area contributed by atoms with Crippen LogP contribution in [0.25, 0.3) is 11.1 Å². The third kappa shape index (κ3) is 2.14. The smallest absolute Gasteiger partial charge is 0.0818 e. The standard InChI is InChI=1S/C17H19N3/c1-17(2,11-18)13-5-3-4-12(8-13)14-6-7-20-16-10-19-9-15(14)16/h3-9H,10-11,18H2,1-2H3. The highest BCUT2D eigenvalue weighted by molar-refractivity contribution is 5.93. The van der Waals surface area contributed by atoms with E-state index in [1.165, 1.54) is 16.7 Å². The molecule has 0 atom stereocenters. The number of nitrogens with zero attached hydrogens (tertiary/aromatic N) is 2. The van der Waals surface area contributed by atoms with Crippen LogP contribution in [0.1, 0.15) is 30.7 Å². The highest BCUT2D eigenvalue weighted by Gasteiger charge is 2.20. The van der Waals surface area contributed by atoms with Gasteiger partial charge in [0, 0.05) is 29.9 Å². The third-order valence-electron chi connectivity index (χ3n) is 4.00. The van der Waals surface area contributed by atoms with Gasteiger partial charge in [-0.1, -0.05) is 38.1 Å². The summed E-state index contributed by atoms with van der Waals surface area (Å²) in [6.45, 7) is 5.67. The fourth-order valence-corrected chi connectivity index (χ4v) is 2.49. The number of fused-ring (bicyclic) bond motifs is 1. The van der Waals surface area contributed by atoms with Crippen molar-refractivity contribution in [3.63, 3.8) is 0 Å². The Labute approximate surface area is 119 Å². The van der Waals surface area contributed by atoms with Crippen LogP contribution in [0.15, 0.2) is 41.5 Å². The summed E-state index contributed by atoms with van der Waals surface area (Å²) in [4.78, 5) is 8.71. The Bertz CT molecular complexity index is 672. The zero-order valence-electron chi connectivity index (χ0n) is 11.9. The van der Waals surface area contributed by atoms with Crippen molar-refractivity contribution in [2.24, 2.45) is 10.7 Å². The molecule has 0 bridgehead atoms. The molecule has 1 aromatic carbocycles. The summed E-state index contributed by atoms with van der Waals surface area (Å²) in [6, 6.07) is 10.7. The van der Waals surface area contributed by atoms with Crippen molar-refractivity contribution in [1.29, 1.82) is 0 Å². The minimum absolute atomic E-state index is 0.0136. The second kappa shape index (κ2) is 4.84. The summed E-state index contributed by atoms with van der Waals surface area (Å²) >= 11 is 0. The van der Waals surface area contributed by atoms with Crippen LogP contribution in [-0.2, 0) is 12.0 Å². The number of hydrogen-bond donors (Lipinski definition) is 1. The largest absolute Gasteiger partial charge is 0.330 e. The number of nitrogens with two attached hydrogens (primary N) is 1. The Morgan fingerprint density at radius 2 is 2.10 bits per heavy atom. The van der Waals surface area contributed by atoms with Gasteiger partial charge in [0.1, 0.15) is 0 Å². The van der Waals surface area contributed by atoms with E-state index >= 15 is 0 Å². The number of benzene rings is 1. The molecule has 0 aliphatic carbocycles. The van der Waals surface area contributed by atoms with E-state index in [1.807, 2.05) is 12.4 Å². The van der Waals surface area contributed by atoms with E-state index in [1.54, 1.807) is 0 Å². The van der Waals surface area contributed by atoms with Gasteiger partial charge in [-0.25, -0.2) is 0 Å². The van der Waals surface area contributed by atoms with Gasteiger partial charge >= 0.3 is 0 Å². The summed E-state index contributed by atoms with van der Waals surface area (Å²) in [6.07, 6.45) is 3.79. The predicted molar refractivity (Wildman–Crippen MR) is 83.1 cm³/mol. The number of aromatic nitrogens is 1. The first kappa shape index (κ1) is 13.0. The van der Waals surface area contributed by atoms with Gasteiger partial charge in [0.15, 0.2) is 0 Å². The first-order valence-electron chi connectivity index (χ1n) is 6.90. The molecular formula is C17H19N3. The normalized spacial score (nSPS) is 13.6. The maximum absolute atomic E-state index is 5.89. The van der Waals surface area contributed by atoms with Crippen molar-refractivity contribution < 1.29 is 0 Å². The van der Waals surface area contributed by atoms with Crippen LogP contribution >= 0.6 is 0 Å². The van der Waals surface area contributed by atoms with E-state index in [-0.39, 0.29) is 5.41 Å². The molecule has 3 rings (SSSR count). The zero-order chi connectivity index (χ0) is 14.2. The van der Waals surface area contributed by atoms with Crippen LogP contribution in [0, 0.1) is 0 Å². The first-order chi connectivity index (χ1) is 9.62. The van der Waals surface area contributed by atoms with Gasteiger partial charge in [0.25, 0.3) is 0 Å². The Balaban J connectivity index is 2.10. The molecule has 102 valence electrons. The second-order valence-electron chi connectivity index (χ2n) is 5.86. The zero-order valence-corrected chi connectivity index (χ0v) is 11.9. The molecule has 1 aromatic heterocycles. The lowest BCUT2D eigenvalue weighted by Gasteiger charge is -2.23. The van der Waals surface area contributed by atoms with Gasteiger partial charge in [0.2, 0.25) is 0 Å². The van der Waals surface area contributed by atoms with Gasteiger partial charge in [-0.2, -0.15) is 0 Å². The Morgan fingerprint density at radius 1 is 1.25 bits per heavy atom. The lowest BCUT2D eigenvalue weighted by atomic mass is 9.83. The Hall–Kier alpha value is -2.00. The molecule has 0 fully saturated rings. The molecule has 2 heterocycles. The highest BCUT2D eigenvalue weighted by atomic mass is 14.8. The summed E-state index contributed by atoms with van der Waals surface area (Å²) in [7, 11) is 0. The highest BCUT2D eigenvalue weighted by Crippen LogP contribution is 2.30. The van der Waals surface area contributed by atoms with Crippen molar-refractivity contribution in [2.45, 2.75) is 25.8 Å². The molecule has 1 aliphatic rings. The fourth-order valence-electron chi connectivity index (χ4n) is 2.49. The van der Waals surface area contributed by atoms with Gasteiger partial charge in [0.05, 0.1) is 12.2 Å². The monoisotopic (exact) mass is 265 g/mol. The molecule has 2 aromatic rings. The van der Waals surface area contributed by atoms with E-state index in [9.17, 15) is 0 Å². The summed E-state index contributed by atoms with van der Waals surface area (Å²) in [5.41, 5.74) is 11.7. The third-order valence-corrected chi connectivity index (χ3v) is 4.00. The molecule has 3 heteroatoms. The van der Waals surface area contributed by atoms with E-state index < -0.39 is 0 Å². The number of rotatable bonds is 3. The molecule has 0 saturated heterocycles. The second-order valence-corrected chi connectivity index (χ2v) is 5.86. The van der Waals surface area contributed by atoms with E-state index in [0.717, 1.165) is 11.3 Å². The number of aliphatic imine (C=N–C) groups is 1. The molecule has 1 aliphatic heterocycles. The molecule has 0 amide bonds. The molecule has 20 heavy (non-hydrogen) atoms. The van der Waals surface area contributed by atoms with Crippen molar-refractivity contribution in [3.8, 4) is 11.1 Å². The van der Waals surface area contributed by atoms with Crippen LogP contribution < -0.4 is 5.73 Å². The Morgan fingerprint density at radius 3 is 2.90 bits per heavy atom. The minimum atomic E-state index is -0.0136. The average molecular weight is 265 g/mol. The SMILES string of the molecule is CC(C)(CN)c1cccc(-c2ccnc3c2C=NC3)c1. The maximum Gasteiger partial charge on any atom is 0.0818 e. The molecular weight excluding hydrogens is 246 g/mol. The average Bonchev–Trinajstić information content (AvgIpc) is 2.95.